The van der Waals surface area contributed by atoms with E-state index in [2.05, 4.69) is 0 Å². The Balaban J connectivity index is 3.30. The van der Waals surface area contributed by atoms with Crippen LogP contribution in [0.25, 0.3) is 0 Å². The monoisotopic (exact) mass is 290 g/mol. The van der Waals surface area contributed by atoms with E-state index in [-0.39, 0.29) is 29.1 Å². The second-order valence-corrected chi connectivity index (χ2v) is 4.28. The van der Waals surface area contributed by atoms with Gasteiger partial charge in [0.1, 0.15) is 5.38 Å². The van der Waals surface area contributed by atoms with Crippen molar-refractivity contribution in [2.75, 3.05) is 6.61 Å². The molecule has 1 atom stereocenters. The third-order valence-corrected chi connectivity index (χ3v) is 3.00. The van der Waals surface area contributed by atoms with Gasteiger partial charge in [-0.15, -0.1) is 11.6 Å². The van der Waals surface area contributed by atoms with E-state index >= 15 is 0 Å². The molecule has 0 fully saturated rings. The molecule has 0 bridgehead atoms. The lowest BCUT2D eigenvalue weighted by Crippen LogP contribution is -2.13. The molecule has 1 rings (SSSR count). The van der Waals surface area contributed by atoms with Gasteiger partial charge in [-0.1, -0.05) is 12.1 Å². The molecule has 0 aromatic heterocycles. The van der Waals surface area contributed by atoms with Crippen LogP contribution in [-0.4, -0.2) is 18.4 Å². The number of ether oxygens (including phenoxy) is 1. The summed E-state index contributed by atoms with van der Waals surface area (Å²) >= 11 is 5.88. The van der Waals surface area contributed by atoms with Crippen molar-refractivity contribution in [1.82, 2.24) is 0 Å². The normalized spacial score (nSPS) is 12.3. The predicted octanol–water partition coefficient (Wildman–Crippen LogP) is 3.67. The summed E-state index contributed by atoms with van der Waals surface area (Å²) in [5.74, 6) is -1.15. The Kier molecular flexibility index (Phi) is 5.42. The lowest BCUT2D eigenvalue weighted by atomic mass is 9.99. The average molecular weight is 291 g/mol. The summed E-state index contributed by atoms with van der Waals surface area (Å²) < 4.78 is 30.1. The summed E-state index contributed by atoms with van der Waals surface area (Å²) in [5.41, 5.74) is -0.244. The lowest BCUT2D eigenvalue weighted by Gasteiger charge is -2.13. The molecular formula is C13H13ClF2O3. The van der Waals surface area contributed by atoms with Crippen LogP contribution in [-0.2, 0) is 9.53 Å². The van der Waals surface area contributed by atoms with Crippen LogP contribution in [0.5, 0.6) is 0 Å². The number of benzene rings is 1. The van der Waals surface area contributed by atoms with E-state index in [4.69, 9.17) is 16.3 Å². The molecule has 0 aliphatic heterocycles. The van der Waals surface area contributed by atoms with Gasteiger partial charge in [0.25, 0.3) is 6.43 Å². The van der Waals surface area contributed by atoms with E-state index in [0.717, 1.165) is 12.1 Å². The number of Topliss-reactive ketones (excluding diaryl/α,β-unsaturated/α-hetero) is 1. The fraction of sp³-hybridized carbons (Fsp3) is 0.385. The van der Waals surface area contributed by atoms with E-state index in [9.17, 15) is 18.4 Å². The minimum Gasteiger partial charge on any atom is -0.462 e. The number of hydrogen-bond acceptors (Lipinski definition) is 3. The molecule has 0 spiro atoms. The summed E-state index contributed by atoms with van der Waals surface area (Å²) in [6.45, 7) is 2.95. The number of carbonyl (C=O) groups excluding carboxylic acids is 2. The van der Waals surface area contributed by atoms with Crippen LogP contribution in [0.2, 0.25) is 0 Å². The lowest BCUT2D eigenvalue weighted by molar-refractivity contribution is -0.116. The second kappa shape index (κ2) is 6.61. The van der Waals surface area contributed by atoms with Gasteiger partial charge in [0.2, 0.25) is 0 Å². The first-order valence-corrected chi connectivity index (χ1v) is 6.05. The minimum atomic E-state index is -2.71. The van der Waals surface area contributed by atoms with Gasteiger partial charge >= 0.3 is 5.97 Å². The largest absolute Gasteiger partial charge is 0.462 e. The predicted molar refractivity (Wildman–Crippen MR) is 66.6 cm³/mol. The number of halogens is 3. The summed E-state index contributed by atoms with van der Waals surface area (Å²) in [5, 5.41) is -1.06. The topological polar surface area (TPSA) is 43.4 Å². The van der Waals surface area contributed by atoms with Crippen molar-refractivity contribution < 1.29 is 23.1 Å². The number of rotatable bonds is 5. The van der Waals surface area contributed by atoms with E-state index in [1.807, 2.05) is 0 Å². The minimum absolute atomic E-state index is 0.101. The number of alkyl halides is 3. The molecule has 1 aromatic carbocycles. The molecule has 0 aliphatic rings. The van der Waals surface area contributed by atoms with E-state index in [1.165, 1.54) is 13.0 Å². The molecule has 0 saturated heterocycles. The maximum atomic E-state index is 12.6. The van der Waals surface area contributed by atoms with Crippen LogP contribution in [0, 0.1) is 0 Å². The Morgan fingerprint density at radius 3 is 2.47 bits per heavy atom. The van der Waals surface area contributed by atoms with Crippen molar-refractivity contribution in [3.8, 4) is 0 Å². The smallest absolute Gasteiger partial charge is 0.338 e. The Morgan fingerprint density at radius 1 is 1.37 bits per heavy atom. The van der Waals surface area contributed by atoms with Crippen molar-refractivity contribution in [2.24, 2.45) is 0 Å². The molecule has 0 aliphatic carbocycles. The molecule has 0 radical (unpaired) electrons. The van der Waals surface area contributed by atoms with Gasteiger partial charge in [-0.05, 0) is 25.5 Å². The summed E-state index contributed by atoms with van der Waals surface area (Å²) in [7, 11) is 0. The zero-order chi connectivity index (χ0) is 14.6. The highest BCUT2D eigenvalue weighted by molar-refractivity contribution is 6.31. The standard InChI is InChI=1S/C13H13ClF2O3/c1-3-19-13(18)10-6-8(12(15)16)4-5-9(10)11(14)7(2)17/h4-6,11-12H,3H2,1-2H3. The van der Waals surface area contributed by atoms with Crippen molar-refractivity contribution in [1.29, 1.82) is 0 Å². The first kappa shape index (κ1) is 15.6. The molecule has 0 N–H and O–H groups in total. The summed E-state index contributed by atoms with van der Waals surface area (Å²) in [4.78, 5) is 23.0. The first-order valence-electron chi connectivity index (χ1n) is 5.62. The van der Waals surface area contributed by atoms with Crippen LogP contribution < -0.4 is 0 Å². The Labute approximate surface area is 114 Å². The number of ketones is 1. The van der Waals surface area contributed by atoms with E-state index in [1.54, 1.807) is 6.92 Å². The highest BCUT2D eigenvalue weighted by atomic mass is 35.5. The third-order valence-electron chi connectivity index (χ3n) is 2.45. The molecule has 0 saturated carbocycles. The zero-order valence-electron chi connectivity index (χ0n) is 10.5. The van der Waals surface area contributed by atoms with Crippen LogP contribution in [0.3, 0.4) is 0 Å². The molecule has 1 unspecified atom stereocenters. The highest BCUT2D eigenvalue weighted by Gasteiger charge is 2.23. The molecule has 104 valence electrons. The van der Waals surface area contributed by atoms with Gasteiger partial charge in [-0.3, -0.25) is 4.79 Å². The number of carbonyl (C=O) groups is 2. The van der Waals surface area contributed by atoms with Crippen LogP contribution in [0.4, 0.5) is 8.78 Å². The van der Waals surface area contributed by atoms with Crippen molar-refractivity contribution in [2.45, 2.75) is 25.7 Å². The average Bonchev–Trinajstić information content (AvgIpc) is 2.37. The molecule has 1 aromatic rings. The van der Waals surface area contributed by atoms with Gasteiger partial charge in [0, 0.05) is 5.56 Å². The van der Waals surface area contributed by atoms with Crippen LogP contribution >= 0.6 is 11.6 Å². The maximum absolute atomic E-state index is 12.6. The fourth-order valence-electron chi connectivity index (χ4n) is 1.54. The fourth-order valence-corrected chi connectivity index (χ4v) is 1.73. The van der Waals surface area contributed by atoms with Crippen molar-refractivity contribution >= 4 is 23.4 Å². The summed E-state index contributed by atoms with van der Waals surface area (Å²) in [6, 6.07) is 3.41. The molecule has 3 nitrogen and oxygen atoms in total. The van der Waals surface area contributed by atoms with E-state index < -0.39 is 17.8 Å². The molecular weight excluding hydrogens is 278 g/mol. The third kappa shape index (κ3) is 3.73. The second-order valence-electron chi connectivity index (χ2n) is 3.84. The highest BCUT2D eigenvalue weighted by Crippen LogP contribution is 2.29. The van der Waals surface area contributed by atoms with Gasteiger partial charge in [-0.2, -0.15) is 0 Å². The number of esters is 1. The molecule has 0 amide bonds. The summed E-state index contributed by atoms with van der Waals surface area (Å²) in [6.07, 6.45) is -2.71. The Bertz CT molecular complexity index is 489. The molecule has 19 heavy (non-hydrogen) atoms. The Hall–Kier alpha value is -1.49. The zero-order valence-corrected chi connectivity index (χ0v) is 11.2. The van der Waals surface area contributed by atoms with Gasteiger partial charge in [0.05, 0.1) is 12.2 Å². The molecule has 0 heterocycles. The first-order chi connectivity index (χ1) is 8.88. The van der Waals surface area contributed by atoms with Crippen LogP contribution in [0.15, 0.2) is 18.2 Å². The van der Waals surface area contributed by atoms with Gasteiger partial charge in [0.15, 0.2) is 5.78 Å². The Morgan fingerprint density at radius 2 is 2.00 bits per heavy atom. The van der Waals surface area contributed by atoms with E-state index in [0.29, 0.717) is 0 Å². The van der Waals surface area contributed by atoms with Crippen molar-refractivity contribution in [3.05, 3.63) is 34.9 Å². The quantitative estimate of drug-likeness (QED) is 0.614. The molecule has 6 heteroatoms. The van der Waals surface area contributed by atoms with Gasteiger partial charge < -0.3 is 4.74 Å². The van der Waals surface area contributed by atoms with Gasteiger partial charge in [-0.25, -0.2) is 13.6 Å². The van der Waals surface area contributed by atoms with Crippen molar-refractivity contribution in [3.63, 3.8) is 0 Å². The SMILES string of the molecule is CCOC(=O)c1cc(C(F)F)ccc1C(Cl)C(C)=O. The van der Waals surface area contributed by atoms with Crippen LogP contribution in [0.1, 0.15) is 47.1 Å². The number of hydrogen-bond donors (Lipinski definition) is 0. The maximum Gasteiger partial charge on any atom is 0.338 e.